The summed E-state index contributed by atoms with van der Waals surface area (Å²) in [6.07, 6.45) is -4.79. The molecule has 0 spiro atoms. The van der Waals surface area contributed by atoms with Gasteiger partial charge in [-0.2, -0.15) is 0 Å². The van der Waals surface area contributed by atoms with Crippen LogP contribution >= 0.6 is 121 Å². The van der Waals surface area contributed by atoms with E-state index in [1.165, 1.54) is 37.3 Å². The van der Waals surface area contributed by atoms with Gasteiger partial charge in [0.1, 0.15) is 0 Å². The van der Waals surface area contributed by atoms with Crippen LogP contribution in [0.1, 0.15) is 116 Å². The second-order valence-corrected chi connectivity index (χ2v) is 48.6. The number of ketones is 1. The molecule has 0 N–H and O–H groups in total. The molecule has 6 aliphatic rings. The van der Waals surface area contributed by atoms with E-state index >= 15 is 0 Å². The third-order valence-corrected chi connectivity index (χ3v) is 45.2. The molecular formula is C71H60F3I6N13O20S. The van der Waals surface area contributed by atoms with Crippen molar-refractivity contribution < 1.29 is 126 Å². The number of carbonyl (C=O) groups excluding carboxylic acids is 9. The van der Waals surface area contributed by atoms with E-state index in [1.807, 2.05) is 52.0 Å². The average molecular weight is 2270 g/mol. The standard InChI is InChI=1S/C15H9IN2O3.C13H14IN3O3.C13H15IN2O3.C11H9IN2O4.C10H9IN2O5S.C9H4F3IN2O2/c17-18-14(13(19)10-6-2-1-3-7-10)16-12-9-5-4-8-11(12)15(20)21-16;1-3-17(4-2)12(18)11(16-15)14-10-8-6-5-7-9(10)13(19)20-14;1-4-18-12(17)11(16-15)14-10-8-6-5-7-9(10)13(2,3)19-14;1-2-17-11(16)9(14-13)12-8-6-4-3-5-7(8)10(15)18-12;1-2-17-19(15,16)10(13-12)11-8-6-4-3-5-7(8)9(14)18-11;10-9(11,12)8(15-14)13-6-4-2-1-3-5(6)7(16)17-13/h1-9H;5-8H,3-4H2,1-2H3;5-8H,4H2,1-3H3;3-6H,2H2,1H3;3-6H,2H2,1H3;1-4H. The molecule has 0 saturated heterocycles. The monoisotopic (exact) mass is 2260 g/mol. The molecule has 0 atom stereocenters. The zero-order valence-electron chi connectivity index (χ0n) is 60.1. The second-order valence-electron chi connectivity index (χ2n) is 22.1. The van der Waals surface area contributed by atoms with Gasteiger partial charge in [0.05, 0.1) is 0 Å². The molecule has 0 aromatic heterocycles. The number of carbonyl (C=O) groups is 9. The molecule has 33 nitrogen and oxygen atoms in total. The van der Waals surface area contributed by atoms with Crippen molar-refractivity contribution in [3.63, 3.8) is 0 Å². The van der Waals surface area contributed by atoms with Gasteiger partial charge in [-0.05, 0) is 0 Å². The van der Waals surface area contributed by atoms with E-state index in [-0.39, 0.29) is 49.7 Å². The summed E-state index contributed by atoms with van der Waals surface area (Å²) < 4.78 is 109. The van der Waals surface area contributed by atoms with Crippen LogP contribution in [0.2, 0.25) is 0 Å². The molecule has 7 aromatic carbocycles. The average Bonchev–Trinajstić information content (AvgIpc) is 1.63. The fraction of sp³-hybridized carbons (Fsp3) is 0.197. The van der Waals surface area contributed by atoms with Crippen LogP contribution in [-0.4, -0.2) is 156 Å². The van der Waals surface area contributed by atoms with Crippen molar-refractivity contribution in [3.05, 3.63) is 269 Å². The van der Waals surface area contributed by atoms with Crippen molar-refractivity contribution in [2.24, 2.45) is 0 Å². The van der Waals surface area contributed by atoms with Crippen molar-refractivity contribution in [2.45, 2.75) is 60.2 Å². The second kappa shape index (κ2) is 41.0. The zero-order chi connectivity index (χ0) is 83.4. The van der Waals surface area contributed by atoms with Gasteiger partial charge < -0.3 is 0 Å². The van der Waals surface area contributed by atoms with Crippen LogP contribution in [-0.2, 0) is 62.2 Å². The van der Waals surface area contributed by atoms with E-state index < -0.39 is 198 Å². The van der Waals surface area contributed by atoms with Gasteiger partial charge in [0.2, 0.25) is 0 Å². The van der Waals surface area contributed by atoms with E-state index in [2.05, 4.69) is 32.9 Å². The first kappa shape index (κ1) is 89.8. The number of alkyl halides is 3. The van der Waals surface area contributed by atoms with Crippen molar-refractivity contribution in [2.75, 3.05) is 32.9 Å². The van der Waals surface area contributed by atoms with Gasteiger partial charge in [-0.15, -0.1) is 0 Å². The number of Topliss-reactive ketones (excluding diaryl/α,β-unsaturated/α-hetero) is 1. The molecule has 114 heavy (non-hydrogen) atoms. The predicted octanol–water partition coefficient (Wildman–Crippen LogP) is 13.3. The molecule has 0 fully saturated rings. The molecule has 0 saturated carbocycles. The van der Waals surface area contributed by atoms with Crippen LogP contribution in [0.15, 0.2) is 176 Å². The molecule has 1 amide bonds. The van der Waals surface area contributed by atoms with E-state index in [9.17, 15) is 75.8 Å². The van der Waals surface area contributed by atoms with Crippen LogP contribution in [0.25, 0.3) is 33.2 Å². The first-order chi connectivity index (χ1) is 54.5. The zero-order valence-corrected chi connectivity index (χ0v) is 73.8. The minimum absolute atomic E-state index is 0.0174. The molecule has 0 unspecified atom stereocenters. The number of hydrogen-bond acceptors (Lipinski definition) is 20. The Morgan fingerprint density at radius 2 is 0.754 bits per heavy atom. The molecule has 6 heterocycles. The van der Waals surface area contributed by atoms with Gasteiger partial charge in [-0.25, -0.2) is 0 Å². The summed E-state index contributed by atoms with van der Waals surface area (Å²) in [6.45, 7) is 13.8. The Hall–Kier alpha value is -9.71. The van der Waals surface area contributed by atoms with E-state index in [0.29, 0.717) is 55.2 Å². The SMILES string of the molecule is CCN(CC)C(=O)C(=[N+]=[N-])I1OC(=O)c2ccccc21.CCOC(=O)C(=[N+]=[N-])I1OC(=O)c2ccccc21.CCOC(=O)C(=[N+]=[N-])I1OC(C)(C)c2ccccc21.CCOS(=O)(=O)C(=[N+]=[N-])I1OC(=O)c2ccccc21.[N-]=[N+]=C(C(=O)c1ccccc1)I1OC(=O)c2ccccc21.[N-]=[N+]=C(I1OC(=O)c2ccccc21)C(F)(F)F. The fourth-order valence-corrected chi connectivity index (χ4v) is 37.0. The Labute approximate surface area is 692 Å². The summed E-state index contributed by atoms with van der Waals surface area (Å²) >= 11 is -17.3. The van der Waals surface area contributed by atoms with Gasteiger partial charge in [-0.1, -0.05) is 0 Å². The van der Waals surface area contributed by atoms with Gasteiger partial charge in [0.25, 0.3) is 0 Å². The Morgan fingerprint density at radius 1 is 0.421 bits per heavy atom. The molecule has 0 bridgehead atoms. The summed E-state index contributed by atoms with van der Waals surface area (Å²) in [7, 11) is -4.18. The Balaban J connectivity index is 0.000000171. The Kier molecular flexibility index (Phi) is 32.3. The molecule has 0 radical (unpaired) electrons. The normalized spacial score (nSPS) is 15.3. The summed E-state index contributed by atoms with van der Waals surface area (Å²) in [5.74, 6) is -4.90. The first-order valence-electron chi connectivity index (χ1n) is 32.6. The van der Waals surface area contributed by atoms with Gasteiger partial charge in [-0.3, -0.25) is 0 Å². The van der Waals surface area contributed by atoms with E-state index in [4.69, 9.17) is 50.0 Å². The van der Waals surface area contributed by atoms with Crippen molar-refractivity contribution in [1.82, 2.24) is 4.90 Å². The van der Waals surface area contributed by atoms with E-state index in [1.54, 1.807) is 140 Å². The summed E-state index contributed by atoms with van der Waals surface area (Å²) in [6, 6.07) is 49.1. The molecular weight excluding hydrogens is 2210 g/mol. The van der Waals surface area contributed by atoms with Crippen LogP contribution in [0.4, 0.5) is 13.2 Å². The summed E-state index contributed by atoms with van der Waals surface area (Å²) in [4.78, 5) is 125. The number of amides is 1. The van der Waals surface area contributed by atoms with Crippen LogP contribution in [0, 0.1) is 21.4 Å². The van der Waals surface area contributed by atoms with Crippen LogP contribution < -0.4 is 0 Å². The van der Waals surface area contributed by atoms with Crippen molar-refractivity contribution in [1.29, 1.82) is 0 Å². The van der Waals surface area contributed by atoms with Crippen LogP contribution in [0.5, 0.6) is 0 Å². The number of hydrogen-bond donors (Lipinski definition) is 0. The molecule has 6 aliphatic heterocycles. The number of nitrogens with zero attached hydrogens (tertiary/aromatic N) is 13. The molecule has 598 valence electrons. The summed E-state index contributed by atoms with van der Waals surface area (Å²) in [5, 5.41) is 0. The van der Waals surface area contributed by atoms with Gasteiger partial charge in [0, 0.05) is 0 Å². The molecule has 13 rings (SSSR count). The van der Waals surface area contributed by atoms with Gasteiger partial charge >= 0.3 is 700 Å². The van der Waals surface area contributed by atoms with Crippen molar-refractivity contribution >= 4 is 207 Å². The minimum atomic E-state index is -4.79. The number of rotatable bonds is 17. The quantitative estimate of drug-likeness (QED) is 0.0119. The van der Waals surface area contributed by atoms with E-state index in [0.717, 1.165) is 9.13 Å². The summed E-state index contributed by atoms with van der Waals surface area (Å²) in [5.41, 5.74) is 56.6. The maximum atomic E-state index is 12.6. The third kappa shape index (κ3) is 20.7. The maximum absolute atomic E-state index is 12.6. The van der Waals surface area contributed by atoms with Crippen LogP contribution in [0.3, 0.4) is 0 Å². The van der Waals surface area contributed by atoms with Crippen molar-refractivity contribution in [3.8, 4) is 0 Å². The first-order valence-corrected chi connectivity index (χ1v) is 52.2. The van der Waals surface area contributed by atoms with Gasteiger partial charge in [0.15, 0.2) is 0 Å². The number of halogens is 9. The fourth-order valence-electron chi connectivity index (χ4n) is 9.70. The Morgan fingerprint density at radius 3 is 1.12 bits per heavy atom. The Bertz CT molecular complexity index is 5460. The molecule has 0 aliphatic carbocycles. The third-order valence-electron chi connectivity index (χ3n) is 14.6. The number of benzene rings is 7. The topological polar surface area (TPSA) is 492 Å². The number of esters is 2. The predicted molar refractivity (Wildman–Crippen MR) is 446 cm³/mol. The molecule has 7 aromatic rings. The number of fused-ring (bicyclic) bond motifs is 6. The number of ether oxygens (including phenoxy) is 2. The molecule has 43 heteroatoms.